The molecule has 1 unspecified atom stereocenters. The zero-order valence-corrected chi connectivity index (χ0v) is 11.3. The van der Waals surface area contributed by atoms with Crippen LogP contribution in [0.15, 0.2) is 24.3 Å². The van der Waals surface area contributed by atoms with Crippen molar-refractivity contribution >= 4 is 11.6 Å². The second kappa shape index (κ2) is 7.01. The number of nitrogens with two attached hydrogens (primary N) is 1. The lowest BCUT2D eigenvalue weighted by Crippen LogP contribution is -2.27. The van der Waals surface area contributed by atoms with Crippen molar-refractivity contribution in [1.29, 1.82) is 0 Å². The van der Waals surface area contributed by atoms with Crippen molar-refractivity contribution in [2.75, 3.05) is 25.6 Å². The molecule has 0 saturated heterocycles. The molecule has 0 radical (unpaired) electrons. The number of anilines is 1. The molecule has 18 heavy (non-hydrogen) atoms. The van der Waals surface area contributed by atoms with Crippen molar-refractivity contribution in [1.82, 2.24) is 0 Å². The third-order valence-corrected chi connectivity index (χ3v) is 3.07. The molecule has 0 saturated carbocycles. The van der Waals surface area contributed by atoms with Crippen LogP contribution in [-0.4, -0.2) is 26.6 Å². The minimum atomic E-state index is 0.0831. The third-order valence-electron chi connectivity index (χ3n) is 3.07. The zero-order valence-electron chi connectivity index (χ0n) is 11.3. The first-order valence-corrected chi connectivity index (χ1v) is 6.19. The fourth-order valence-electron chi connectivity index (χ4n) is 1.70. The smallest absolute Gasteiger partial charge is 0.226 e. The highest BCUT2D eigenvalue weighted by Gasteiger charge is 2.15. The summed E-state index contributed by atoms with van der Waals surface area (Å²) < 4.78 is 5.25. The largest absolute Gasteiger partial charge is 0.495 e. The van der Waals surface area contributed by atoms with Crippen molar-refractivity contribution in [3.63, 3.8) is 0 Å². The number of carbonyl (C=O) groups excluding carboxylic acids is 1. The Balaban J connectivity index is 2.68. The van der Waals surface area contributed by atoms with Crippen molar-refractivity contribution in [3.05, 3.63) is 24.3 Å². The number of methoxy groups -OCH3 is 1. The van der Waals surface area contributed by atoms with Gasteiger partial charge in [0.05, 0.1) is 12.8 Å². The molecule has 4 heteroatoms. The Labute approximate surface area is 109 Å². The van der Waals surface area contributed by atoms with E-state index in [2.05, 4.69) is 6.92 Å². The molecule has 1 amide bonds. The molecule has 2 N–H and O–H groups in total. The summed E-state index contributed by atoms with van der Waals surface area (Å²) in [4.78, 5) is 13.7. The van der Waals surface area contributed by atoms with Crippen LogP contribution in [0.1, 0.15) is 19.8 Å². The molecule has 1 aromatic carbocycles. The van der Waals surface area contributed by atoms with E-state index in [1.165, 1.54) is 0 Å². The van der Waals surface area contributed by atoms with Gasteiger partial charge >= 0.3 is 0 Å². The van der Waals surface area contributed by atoms with Gasteiger partial charge in [-0.05, 0) is 31.0 Å². The molecule has 1 rings (SSSR count). The van der Waals surface area contributed by atoms with Crippen LogP contribution in [0.25, 0.3) is 0 Å². The number of para-hydroxylation sites is 2. The van der Waals surface area contributed by atoms with E-state index < -0.39 is 0 Å². The first kappa shape index (κ1) is 14.5. The van der Waals surface area contributed by atoms with Crippen molar-refractivity contribution in [2.24, 2.45) is 11.7 Å². The van der Waals surface area contributed by atoms with Gasteiger partial charge in [-0.25, -0.2) is 0 Å². The van der Waals surface area contributed by atoms with Crippen LogP contribution in [0, 0.1) is 5.92 Å². The van der Waals surface area contributed by atoms with E-state index in [4.69, 9.17) is 10.5 Å². The van der Waals surface area contributed by atoms with E-state index in [9.17, 15) is 4.79 Å². The lowest BCUT2D eigenvalue weighted by Gasteiger charge is -2.20. The highest BCUT2D eigenvalue weighted by atomic mass is 16.5. The molecule has 0 aliphatic carbocycles. The molecule has 1 atom stereocenters. The number of amides is 1. The summed E-state index contributed by atoms with van der Waals surface area (Å²) in [6, 6.07) is 7.51. The van der Waals surface area contributed by atoms with E-state index in [1.54, 1.807) is 19.1 Å². The summed E-state index contributed by atoms with van der Waals surface area (Å²) in [6.07, 6.45) is 1.32. The van der Waals surface area contributed by atoms with Crippen LogP contribution in [0.4, 0.5) is 5.69 Å². The van der Waals surface area contributed by atoms with E-state index in [-0.39, 0.29) is 5.91 Å². The van der Waals surface area contributed by atoms with Crippen LogP contribution in [0.5, 0.6) is 5.75 Å². The molecule has 0 aromatic heterocycles. The standard InChI is InChI=1S/C14H22N2O2/c1-11(10-15)8-9-14(17)16(2)12-6-4-5-7-13(12)18-3/h4-7,11H,8-10,15H2,1-3H3. The highest BCUT2D eigenvalue weighted by molar-refractivity contribution is 5.94. The molecule has 0 bridgehead atoms. The highest BCUT2D eigenvalue weighted by Crippen LogP contribution is 2.27. The lowest BCUT2D eigenvalue weighted by molar-refractivity contribution is -0.118. The van der Waals surface area contributed by atoms with Gasteiger partial charge < -0.3 is 15.4 Å². The Morgan fingerprint density at radius 3 is 2.72 bits per heavy atom. The van der Waals surface area contributed by atoms with Gasteiger partial charge in [0.25, 0.3) is 0 Å². The summed E-state index contributed by atoms with van der Waals surface area (Å²) in [5.41, 5.74) is 6.34. The number of nitrogens with zero attached hydrogens (tertiary/aromatic N) is 1. The predicted octanol–water partition coefficient (Wildman–Crippen LogP) is 2.03. The van der Waals surface area contributed by atoms with E-state index in [0.717, 1.165) is 12.1 Å². The first-order valence-electron chi connectivity index (χ1n) is 6.19. The first-order chi connectivity index (χ1) is 8.60. The monoisotopic (exact) mass is 250 g/mol. The average molecular weight is 250 g/mol. The van der Waals surface area contributed by atoms with Gasteiger partial charge in [-0.15, -0.1) is 0 Å². The topological polar surface area (TPSA) is 55.6 Å². The molecule has 0 aliphatic rings. The Hall–Kier alpha value is -1.55. The molecule has 1 aromatic rings. The number of hydrogen-bond acceptors (Lipinski definition) is 3. The lowest BCUT2D eigenvalue weighted by atomic mass is 10.1. The summed E-state index contributed by atoms with van der Waals surface area (Å²) in [5, 5.41) is 0. The fourth-order valence-corrected chi connectivity index (χ4v) is 1.70. The molecule has 0 aliphatic heterocycles. The number of rotatable bonds is 6. The Morgan fingerprint density at radius 2 is 2.11 bits per heavy atom. The van der Waals surface area contributed by atoms with Crippen LogP contribution in [0.3, 0.4) is 0 Å². The Morgan fingerprint density at radius 1 is 1.44 bits per heavy atom. The number of benzene rings is 1. The SMILES string of the molecule is COc1ccccc1N(C)C(=O)CCC(C)CN. The van der Waals surface area contributed by atoms with Gasteiger partial charge in [-0.2, -0.15) is 0 Å². The maximum Gasteiger partial charge on any atom is 0.226 e. The van der Waals surface area contributed by atoms with E-state index in [0.29, 0.717) is 24.6 Å². The van der Waals surface area contributed by atoms with Gasteiger partial charge in [-0.1, -0.05) is 19.1 Å². The Bertz CT molecular complexity index is 393. The number of hydrogen-bond donors (Lipinski definition) is 1. The summed E-state index contributed by atoms with van der Waals surface area (Å²) in [7, 11) is 3.38. The molecule has 0 fully saturated rings. The molecular formula is C14H22N2O2. The quantitative estimate of drug-likeness (QED) is 0.840. The van der Waals surface area contributed by atoms with Crippen LogP contribution in [0.2, 0.25) is 0 Å². The van der Waals surface area contributed by atoms with E-state index in [1.807, 2.05) is 24.3 Å². The second-order valence-corrected chi connectivity index (χ2v) is 4.50. The molecule has 0 heterocycles. The maximum atomic E-state index is 12.1. The summed E-state index contributed by atoms with van der Waals surface area (Å²) in [6.45, 7) is 2.67. The van der Waals surface area contributed by atoms with Crippen molar-refractivity contribution in [2.45, 2.75) is 19.8 Å². The summed E-state index contributed by atoms with van der Waals surface area (Å²) in [5.74, 6) is 1.17. The molecular weight excluding hydrogens is 228 g/mol. The van der Waals surface area contributed by atoms with Gasteiger partial charge in [0, 0.05) is 13.5 Å². The van der Waals surface area contributed by atoms with Gasteiger partial charge in [-0.3, -0.25) is 4.79 Å². The maximum absolute atomic E-state index is 12.1. The number of carbonyl (C=O) groups is 1. The Kier molecular flexibility index (Phi) is 5.65. The van der Waals surface area contributed by atoms with E-state index >= 15 is 0 Å². The zero-order chi connectivity index (χ0) is 13.5. The van der Waals surface area contributed by atoms with Crippen molar-refractivity contribution < 1.29 is 9.53 Å². The molecule has 4 nitrogen and oxygen atoms in total. The third kappa shape index (κ3) is 3.74. The fraction of sp³-hybridized carbons (Fsp3) is 0.500. The summed E-state index contributed by atoms with van der Waals surface area (Å²) >= 11 is 0. The number of ether oxygens (including phenoxy) is 1. The van der Waals surface area contributed by atoms with Crippen molar-refractivity contribution in [3.8, 4) is 5.75 Å². The van der Waals surface area contributed by atoms with Crippen LogP contribution in [-0.2, 0) is 4.79 Å². The van der Waals surface area contributed by atoms with Gasteiger partial charge in [0.1, 0.15) is 5.75 Å². The molecule has 100 valence electrons. The average Bonchev–Trinajstić information content (AvgIpc) is 2.43. The van der Waals surface area contributed by atoms with Crippen LogP contribution >= 0.6 is 0 Å². The minimum Gasteiger partial charge on any atom is -0.495 e. The predicted molar refractivity (Wildman–Crippen MR) is 73.9 cm³/mol. The minimum absolute atomic E-state index is 0.0831. The molecule has 0 spiro atoms. The second-order valence-electron chi connectivity index (χ2n) is 4.50. The normalized spacial score (nSPS) is 12.0. The van der Waals surface area contributed by atoms with Gasteiger partial charge in [0.15, 0.2) is 0 Å². The van der Waals surface area contributed by atoms with Crippen LogP contribution < -0.4 is 15.4 Å². The van der Waals surface area contributed by atoms with Gasteiger partial charge in [0.2, 0.25) is 5.91 Å².